The van der Waals surface area contributed by atoms with Crippen LogP contribution >= 0.6 is 22.9 Å². The molecule has 0 aliphatic rings. The van der Waals surface area contributed by atoms with Crippen molar-refractivity contribution in [2.24, 2.45) is 0 Å². The van der Waals surface area contributed by atoms with Crippen LogP contribution in [0.5, 0.6) is 5.75 Å². The normalized spacial score (nSPS) is 10.6. The van der Waals surface area contributed by atoms with Crippen LogP contribution in [0.1, 0.15) is 37.1 Å². The van der Waals surface area contributed by atoms with Gasteiger partial charge in [-0.05, 0) is 55.0 Å². The standard InChI is InChI=1S/C21H23ClN4O4S/c1-14-13-15(22)9-10-16(14)29-11-3-7-19(28)25-24-18(27)6-2-8-20-23-21(26-30-20)17-5-4-12-31-17/h4-5,9-10,12-13H,2-3,6-8,11H2,1H3,(H,24,27)(H,25,28). The van der Waals surface area contributed by atoms with E-state index in [1.54, 1.807) is 12.1 Å². The highest BCUT2D eigenvalue weighted by molar-refractivity contribution is 7.13. The van der Waals surface area contributed by atoms with E-state index < -0.39 is 0 Å². The molecule has 0 unspecified atom stereocenters. The summed E-state index contributed by atoms with van der Waals surface area (Å²) in [7, 11) is 0. The highest BCUT2D eigenvalue weighted by atomic mass is 35.5. The number of carbonyl (C=O) groups excluding carboxylic acids is 2. The molecule has 2 heterocycles. The van der Waals surface area contributed by atoms with Crippen molar-refractivity contribution < 1.29 is 18.8 Å². The smallest absolute Gasteiger partial charge is 0.238 e. The monoisotopic (exact) mass is 462 g/mol. The molecule has 0 spiro atoms. The van der Waals surface area contributed by atoms with Crippen LogP contribution in [0, 0.1) is 6.92 Å². The topological polar surface area (TPSA) is 106 Å². The highest BCUT2D eigenvalue weighted by Gasteiger charge is 2.11. The zero-order chi connectivity index (χ0) is 22.1. The minimum Gasteiger partial charge on any atom is -0.493 e. The second-order valence-electron chi connectivity index (χ2n) is 6.80. The van der Waals surface area contributed by atoms with Crippen molar-refractivity contribution in [1.82, 2.24) is 21.0 Å². The first-order valence-corrected chi connectivity index (χ1v) is 11.1. The summed E-state index contributed by atoms with van der Waals surface area (Å²) in [5.41, 5.74) is 5.76. The molecule has 3 aromatic rings. The molecule has 0 aliphatic carbocycles. The van der Waals surface area contributed by atoms with Gasteiger partial charge in [-0.1, -0.05) is 22.8 Å². The highest BCUT2D eigenvalue weighted by Crippen LogP contribution is 2.22. The average molecular weight is 463 g/mol. The Kier molecular flexibility index (Phi) is 8.43. The van der Waals surface area contributed by atoms with Gasteiger partial charge < -0.3 is 9.26 Å². The number of carbonyl (C=O) groups is 2. The molecule has 0 bridgehead atoms. The average Bonchev–Trinajstić information content (AvgIpc) is 3.43. The number of nitrogens with one attached hydrogen (secondary N) is 2. The predicted molar refractivity (Wildman–Crippen MR) is 118 cm³/mol. The number of hydrazine groups is 1. The Bertz CT molecular complexity index is 1010. The summed E-state index contributed by atoms with van der Waals surface area (Å²) in [5, 5.41) is 6.53. The molecule has 0 atom stereocenters. The Morgan fingerprint density at radius 2 is 1.94 bits per heavy atom. The van der Waals surface area contributed by atoms with Crippen LogP contribution in [0.4, 0.5) is 0 Å². The lowest BCUT2D eigenvalue weighted by atomic mass is 10.2. The lowest BCUT2D eigenvalue weighted by Crippen LogP contribution is -2.41. The number of hydrogen-bond donors (Lipinski definition) is 2. The Morgan fingerprint density at radius 1 is 1.16 bits per heavy atom. The van der Waals surface area contributed by atoms with Crippen LogP contribution in [0.15, 0.2) is 40.2 Å². The van der Waals surface area contributed by atoms with Crippen molar-refractivity contribution in [1.29, 1.82) is 0 Å². The van der Waals surface area contributed by atoms with Crippen molar-refractivity contribution in [3.8, 4) is 16.5 Å². The van der Waals surface area contributed by atoms with Crippen LogP contribution in [0.25, 0.3) is 10.7 Å². The fourth-order valence-corrected chi connectivity index (χ4v) is 3.59. The number of nitrogens with zero attached hydrogens (tertiary/aromatic N) is 2. The summed E-state index contributed by atoms with van der Waals surface area (Å²) in [4.78, 5) is 29.0. The third-order valence-electron chi connectivity index (χ3n) is 4.29. The maximum absolute atomic E-state index is 11.9. The number of aryl methyl sites for hydroxylation is 2. The van der Waals surface area contributed by atoms with Gasteiger partial charge in [-0.25, -0.2) is 0 Å². The summed E-state index contributed by atoms with van der Waals surface area (Å²) in [6, 6.07) is 9.21. The van der Waals surface area contributed by atoms with E-state index in [0.717, 1.165) is 16.2 Å². The van der Waals surface area contributed by atoms with Crippen LogP contribution in [0.2, 0.25) is 5.02 Å². The van der Waals surface area contributed by atoms with Gasteiger partial charge >= 0.3 is 0 Å². The zero-order valence-corrected chi connectivity index (χ0v) is 18.6. The molecule has 2 amide bonds. The van der Waals surface area contributed by atoms with E-state index in [2.05, 4.69) is 21.0 Å². The van der Waals surface area contributed by atoms with E-state index in [-0.39, 0.29) is 24.7 Å². The molecule has 2 aromatic heterocycles. The largest absolute Gasteiger partial charge is 0.493 e. The molecule has 0 saturated heterocycles. The summed E-state index contributed by atoms with van der Waals surface area (Å²) in [5.74, 6) is 1.22. The number of ether oxygens (including phenoxy) is 1. The number of thiophene rings is 1. The third-order valence-corrected chi connectivity index (χ3v) is 5.39. The first-order valence-electron chi connectivity index (χ1n) is 9.84. The molecule has 8 nitrogen and oxygen atoms in total. The van der Waals surface area contributed by atoms with Gasteiger partial charge in [0.15, 0.2) is 0 Å². The SMILES string of the molecule is Cc1cc(Cl)ccc1OCCCC(=O)NNC(=O)CCCc1nc(-c2cccs2)no1. The van der Waals surface area contributed by atoms with Crippen molar-refractivity contribution in [3.05, 3.63) is 52.2 Å². The van der Waals surface area contributed by atoms with Crippen LogP contribution in [0.3, 0.4) is 0 Å². The minimum atomic E-state index is -0.278. The van der Waals surface area contributed by atoms with Gasteiger partial charge in [0.25, 0.3) is 0 Å². The number of amides is 2. The molecule has 10 heteroatoms. The van der Waals surface area contributed by atoms with Gasteiger partial charge in [0.1, 0.15) is 5.75 Å². The molecule has 0 aliphatic heterocycles. The molecule has 31 heavy (non-hydrogen) atoms. The molecule has 164 valence electrons. The molecule has 1 aromatic carbocycles. The van der Waals surface area contributed by atoms with E-state index in [4.69, 9.17) is 20.9 Å². The Labute approximate surface area is 188 Å². The fraction of sp³-hybridized carbons (Fsp3) is 0.333. The van der Waals surface area contributed by atoms with E-state index in [1.807, 2.05) is 30.5 Å². The summed E-state index contributed by atoms with van der Waals surface area (Å²) in [6.45, 7) is 2.30. The number of halogens is 1. The Morgan fingerprint density at radius 3 is 2.65 bits per heavy atom. The summed E-state index contributed by atoms with van der Waals surface area (Å²) < 4.78 is 10.8. The molecular formula is C21H23ClN4O4S. The van der Waals surface area contributed by atoms with Crippen LogP contribution < -0.4 is 15.6 Å². The van der Waals surface area contributed by atoms with E-state index in [9.17, 15) is 9.59 Å². The number of hydrogen-bond acceptors (Lipinski definition) is 7. The van der Waals surface area contributed by atoms with Gasteiger partial charge in [0.05, 0.1) is 11.5 Å². The maximum Gasteiger partial charge on any atom is 0.238 e. The van der Waals surface area contributed by atoms with Crippen molar-refractivity contribution in [2.75, 3.05) is 6.61 Å². The van der Waals surface area contributed by atoms with E-state index in [1.165, 1.54) is 11.3 Å². The van der Waals surface area contributed by atoms with Crippen molar-refractivity contribution in [2.45, 2.75) is 39.0 Å². The lowest BCUT2D eigenvalue weighted by Gasteiger charge is -2.10. The second kappa shape index (κ2) is 11.5. The first kappa shape index (κ1) is 22.8. The molecule has 2 N–H and O–H groups in total. The van der Waals surface area contributed by atoms with Crippen LogP contribution in [-0.4, -0.2) is 28.6 Å². The molecule has 0 fully saturated rings. The molecule has 0 saturated carbocycles. The third kappa shape index (κ3) is 7.37. The van der Waals surface area contributed by atoms with E-state index in [0.29, 0.717) is 42.6 Å². The molecular weight excluding hydrogens is 440 g/mol. The Balaban J connectivity index is 1.26. The number of aromatic nitrogens is 2. The van der Waals surface area contributed by atoms with Crippen molar-refractivity contribution in [3.63, 3.8) is 0 Å². The summed E-state index contributed by atoms with van der Waals surface area (Å²) in [6.07, 6.45) is 2.01. The zero-order valence-electron chi connectivity index (χ0n) is 17.0. The number of benzene rings is 1. The molecule has 3 rings (SSSR count). The minimum absolute atomic E-state index is 0.232. The number of rotatable bonds is 10. The molecule has 0 radical (unpaired) electrons. The lowest BCUT2D eigenvalue weighted by molar-refractivity contribution is -0.129. The predicted octanol–water partition coefficient (Wildman–Crippen LogP) is 4.09. The van der Waals surface area contributed by atoms with E-state index >= 15 is 0 Å². The van der Waals surface area contributed by atoms with Gasteiger partial charge in [-0.2, -0.15) is 4.98 Å². The van der Waals surface area contributed by atoms with Crippen molar-refractivity contribution >= 4 is 34.8 Å². The van der Waals surface area contributed by atoms with Crippen LogP contribution in [-0.2, 0) is 16.0 Å². The Hall–Kier alpha value is -2.91. The maximum atomic E-state index is 11.9. The van der Waals surface area contributed by atoms with Gasteiger partial charge in [-0.15, -0.1) is 11.3 Å². The van der Waals surface area contributed by atoms with Gasteiger partial charge in [-0.3, -0.25) is 20.4 Å². The fourth-order valence-electron chi connectivity index (χ4n) is 2.72. The van der Waals surface area contributed by atoms with Gasteiger partial charge in [0.2, 0.25) is 23.5 Å². The summed E-state index contributed by atoms with van der Waals surface area (Å²) >= 11 is 7.44. The first-order chi connectivity index (χ1) is 15.0. The van der Waals surface area contributed by atoms with Gasteiger partial charge in [0, 0.05) is 24.3 Å². The second-order valence-corrected chi connectivity index (χ2v) is 8.18. The quantitative estimate of drug-likeness (QED) is 0.347.